The second-order valence-corrected chi connectivity index (χ2v) is 5.81. The van der Waals surface area contributed by atoms with Crippen molar-refractivity contribution < 1.29 is 14.6 Å². The van der Waals surface area contributed by atoms with Crippen molar-refractivity contribution in [2.45, 2.75) is 25.7 Å². The lowest BCUT2D eigenvalue weighted by Gasteiger charge is -2.20. The van der Waals surface area contributed by atoms with E-state index in [1.165, 1.54) is 5.56 Å². The zero-order chi connectivity index (χ0) is 17.1. The summed E-state index contributed by atoms with van der Waals surface area (Å²) in [5.74, 6) is -0.719. The van der Waals surface area contributed by atoms with E-state index >= 15 is 0 Å². The van der Waals surface area contributed by atoms with Crippen LogP contribution in [0, 0.1) is 0 Å². The highest BCUT2D eigenvalue weighted by molar-refractivity contribution is 5.87. The number of para-hydroxylation sites is 2. The van der Waals surface area contributed by atoms with Crippen molar-refractivity contribution in [2.24, 2.45) is 0 Å². The van der Waals surface area contributed by atoms with Gasteiger partial charge in [-0.15, -0.1) is 0 Å². The number of aromatic amines is 1. The molecule has 0 bridgehead atoms. The first-order valence-corrected chi connectivity index (χ1v) is 8.07. The van der Waals surface area contributed by atoms with Crippen molar-refractivity contribution in [3.05, 3.63) is 65.4 Å². The predicted octanol–water partition coefficient (Wildman–Crippen LogP) is 3.01. The van der Waals surface area contributed by atoms with Gasteiger partial charge in [-0.2, -0.15) is 0 Å². The molecule has 24 heavy (non-hydrogen) atoms. The molecule has 2 aromatic carbocycles. The van der Waals surface area contributed by atoms with Crippen molar-refractivity contribution in [3.63, 3.8) is 0 Å². The topological polar surface area (TPSA) is 65.2 Å². The van der Waals surface area contributed by atoms with E-state index in [1.807, 2.05) is 42.6 Å². The number of carboxylic acid groups (broad SMARTS) is 1. The molecule has 0 aliphatic carbocycles. The van der Waals surface area contributed by atoms with Crippen molar-refractivity contribution in [1.82, 2.24) is 4.98 Å². The van der Waals surface area contributed by atoms with Gasteiger partial charge in [-0.25, -0.2) is 0 Å². The molecule has 0 unspecified atom stereocenters. The van der Waals surface area contributed by atoms with Crippen LogP contribution in [0.5, 0.6) is 5.75 Å². The molecule has 1 aromatic heterocycles. The number of ether oxygens (including phenoxy) is 1. The normalized spacial score (nSPS) is 12.2. The minimum Gasteiger partial charge on any atom is -0.550 e. The average Bonchev–Trinajstić information content (AvgIpc) is 3.03. The molecule has 0 amide bonds. The molecule has 0 spiro atoms. The summed E-state index contributed by atoms with van der Waals surface area (Å²) in [5, 5.41) is 12.4. The molecular weight excluding hydrogens is 302 g/mol. The van der Waals surface area contributed by atoms with Gasteiger partial charge in [0.2, 0.25) is 0 Å². The summed E-state index contributed by atoms with van der Waals surface area (Å²) in [7, 11) is 1.60. The lowest BCUT2D eigenvalue weighted by molar-refractivity contribution is -0.305. The van der Waals surface area contributed by atoms with E-state index in [9.17, 15) is 9.90 Å². The van der Waals surface area contributed by atoms with Crippen molar-refractivity contribution in [3.8, 4) is 5.75 Å². The summed E-state index contributed by atoms with van der Waals surface area (Å²) >= 11 is 0. The molecule has 0 aliphatic heterocycles. The maximum Gasteiger partial charge on any atom is 0.122 e. The molecular formula is C20H20NO3-. The van der Waals surface area contributed by atoms with Crippen LogP contribution in [0.1, 0.15) is 36.0 Å². The predicted molar refractivity (Wildman–Crippen MR) is 92.1 cm³/mol. The standard InChI is InChI=1S/C20H21NO3/c1-3-13-7-6-9-15-17(12-21-20(13)15)16(11-19(22)23)14-8-4-5-10-18(14)24-2/h4-10,12,16,21H,3,11H2,1-2H3,(H,22,23)/p-1/t16-/m0/s1. The number of fused-ring (bicyclic) bond motifs is 1. The van der Waals surface area contributed by atoms with Crippen LogP contribution in [0.25, 0.3) is 10.9 Å². The molecule has 1 N–H and O–H groups in total. The molecule has 0 fully saturated rings. The molecule has 0 radical (unpaired) electrons. The maximum atomic E-state index is 11.4. The van der Waals surface area contributed by atoms with Gasteiger partial charge >= 0.3 is 0 Å². The fourth-order valence-corrected chi connectivity index (χ4v) is 3.33. The van der Waals surface area contributed by atoms with Crippen LogP contribution in [0.3, 0.4) is 0 Å². The van der Waals surface area contributed by atoms with Crippen LogP contribution in [-0.4, -0.2) is 18.1 Å². The van der Waals surface area contributed by atoms with Gasteiger partial charge in [-0.3, -0.25) is 0 Å². The minimum absolute atomic E-state index is 0.0936. The van der Waals surface area contributed by atoms with E-state index in [4.69, 9.17) is 4.74 Å². The first kappa shape index (κ1) is 16.1. The van der Waals surface area contributed by atoms with E-state index < -0.39 is 5.97 Å². The molecule has 0 saturated heterocycles. The molecule has 0 saturated carbocycles. The number of carbonyl (C=O) groups excluding carboxylic acids is 1. The molecule has 0 aliphatic rings. The Balaban J connectivity index is 2.19. The van der Waals surface area contributed by atoms with Gasteiger partial charge < -0.3 is 19.6 Å². The fraction of sp³-hybridized carbons (Fsp3) is 0.250. The first-order valence-electron chi connectivity index (χ1n) is 8.07. The van der Waals surface area contributed by atoms with Gasteiger partial charge in [-0.05, 0) is 30.0 Å². The molecule has 1 atom stereocenters. The van der Waals surface area contributed by atoms with Gasteiger partial charge in [0.05, 0.1) is 7.11 Å². The second kappa shape index (κ2) is 6.79. The number of methoxy groups -OCH3 is 1. The molecule has 4 nitrogen and oxygen atoms in total. The zero-order valence-electron chi connectivity index (χ0n) is 13.8. The molecule has 124 valence electrons. The van der Waals surface area contributed by atoms with Gasteiger partial charge in [-0.1, -0.05) is 43.3 Å². The third-order valence-electron chi connectivity index (χ3n) is 4.48. The van der Waals surface area contributed by atoms with Crippen LogP contribution < -0.4 is 9.84 Å². The van der Waals surface area contributed by atoms with E-state index in [1.54, 1.807) is 7.11 Å². The number of carboxylic acids is 1. The Morgan fingerprint density at radius 3 is 2.67 bits per heavy atom. The van der Waals surface area contributed by atoms with Crippen molar-refractivity contribution in [2.75, 3.05) is 7.11 Å². The Morgan fingerprint density at radius 1 is 1.17 bits per heavy atom. The average molecular weight is 322 g/mol. The first-order chi connectivity index (χ1) is 11.7. The number of hydrogen-bond acceptors (Lipinski definition) is 3. The minimum atomic E-state index is -1.08. The van der Waals surface area contributed by atoms with E-state index in [0.717, 1.165) is 28.5 Å². The number of aliphatic carboxylic acids is 1. The second-order valence-electron chi connectivity index (χ2n) is 5.81. The van der Waals surface area contributed by atoms with Gasteiger partial charge in [0.25, 0.3) is 0 Å². The summed E-state index contributed by atoms with van der Waals surface area (Å²) in [6.45, 7) is 2.11. The van der Waals surface area contributed by atoms with Crippen LogP contribution in [0.15, 0.2) is 48.7 Å². The Bertz CT molecular complexity index is 866. The Labute approximate surface area is 141 Å². The lowest BCUT2D eigenvalue weighted by Crippen LogP contribution is -2.25. The Morgan fingerprint density at radius 2 is 1.96 bits per heavy atom. The van der Waals surface area contributed by atoms with Gasteiger partial charge in [0, 0.05) is 34.6 Å². The van der Waals surface area contributed by atoms with Crippen LogP contribution in [0.4, 0.5) is 0 Å². The fourth-order valence-electron chi connectivity index (χ4n) is 3.33. The summed E-state index contributed by atoms with van der Waals surface area (Å²) in [4.78, 5) is 14.7. The Hall–Kier alpha value is -2.75. The maximum absolute atomic E-state index is 11.4. The van der Waals surface area contributed by atoms with Crippen LogP contribution in [-0.2, 0) is 11.2 Å². The number of nitrogens with one attached hydrogen (secondary N) is 1. The lowest BCUT2D eigenvalue weighted by atomic mass is 9.87. The summed E-state index contributed by atoms with van der Waals surface area (Å²) < 4.78 is 5.44. The number of H-pyrrole nitrogens is 1. The van der Waals surface area contributed by atoms with E-state index in [-0.39, 0.29) is 12.3 Å². The summed E-state index contributed by atoms with van der Waals surface area (Å²) in [6.07, 6.45) is 2.73. The molecule has 3 aromatic rings. The van der Waals surface area contributed by atoms with Crippen molar-refractivity contribution in [1.29, 1.82) is 0 Å². The SMILES string of the molecule is CCc1cccc2c([C@@H](CC(=O)[O-])c3ccccc3OC)c[nH]c12. The largest absolute Gasteiger partial charge is 0.550 e. The smallest absolute Gasteiger partial charge is 0.122 e. The summed E-state index contributed by atoms with van der Waals surface area (Å²) in [5.41, 5.74) is 4.08. The number of carbonyl (C=O) groups is 1. The molecule has 1 heterocycles. The monoisotopic (exact) mass is 322 g/mol. The third-order valence-corrected chi connectivity index (χ3v) is 4.48. The number of rotatable bonds is 6. The number of hydrogen-bond donors (Lipinski definition) is 1. The van der Waals surface area contributed by atoms with Crippen LogP contribution in [0.2, 0.25) is 0 Å². The zero-order valence-corrected chi connectivity index (χ0v) is 13.8. The molecule has 4 heteroatoms. The highest BCUT2D eigenvalue weighted by Gasteiger charge is 2.22. The summed E-state index contributed by atoms with van der Waals surface area (Å²) in [6, 6.07) is 13.7. The highest BCUT2D eigenvalue weighted by Crippen LogP contribution is 2.38. The number of aryl methyl sites for hydroxylation is 1. The van der Waals surface area contributed by atoms with E-state index in [2.05, 4.69) is 18.0 Å². The van der Waals surface area contributed by atoms with Crippen molar-refractivity contribution >= 4 is 16.9 Å². The number of aromatic nitrogens is 1. The highest BCUT2D eigenvalue weighted by atomic mass is 16.5. The third kappa shape index (κ3) is 2.87. The van der Waals surface area contributed by atoms with E-state index in [0.29, 0.717) is 5.75 Å². The number of benzene rings is 2. The van der Waals surface area contributed by atoms with Gasteiger partial charge in [0.1, 0.15) is 5.75 Å². The molecule has 3 rings (SSSR count). The quantitative estimate of drug-likeness (QED) is 0.758. The van der Waals surface area contributed by atoms with Gasteiger partial charge in [0.15, 0.2) is 0 Å². The Kier molecular flexibility index (Phi) is 4.56. The van der Waals surface area contributed by atoms with Crippen LogP contribution >= 0.6 is 0 Å².